The largest absolute Gasteiger partial charge is 0.417 e. The Bertz CT molecular complexity index is 1530. The number of halogens is 12. The third-order valence-electron chi connectivity index (χ3n) is 5.89. The van der Waals surface area contributed by atoms with Gasteiger partial charge in [0.25, 0.3) is 0 Å². The van der Waals surface area contributed by atoms with Gasteiger partial charge in [0.05, 0.1) is 21.4 Å². The van der Waals surface area contributed by atoms with Crippen molar-refractivity contribution >= 4 is 50.2 Å². The highest BCUT2D eigenvalue weighted by Crippen LogP contribution is 2.43. The summed E-state index contributed by atoms with van der Waals surface area (Å²) in [4.78, 5) is 12.6. The molecule has 0 amide bonds. The summed E-state index contributed by atoms with van der Waals surface area (Å²) in [6.45, 7) is 6.04. The molecule has 43 heavy (non-hydrogen) atoms. The summed E-state index contributed by atoms with van der Waals surface area (Å²) in [7, 11) is -4.75. The molecule has 0 bridgehead atoms. The number of hydrogen-bond donors (Lipinski definition) is 0. The molecule has 0 aromatic heterocycles. The Morgan fingerprint density at radius 1 is 0.977 bits per heavy atom. The van der Waals surface area contributed by atoms with Crippen LogP contribution in [0.2, 0.25) is 10.0 Å². The van der Waals surface area contributed by atoms with Crippen LogP contribution in [-0.2, 0) is 16.0 Å². The maximum atomic E-state index is 15.1. The minimum Gasteiger partial charge on any atom is -0.294 e. The van der Waals surface area contributed by atoms with Gasteiger partial charge in [0.15, 0.2) is 15.6 Å². The van der Waals surface area contributed by atoms with Gasteiger partial charge in [-0.25, -0.2) is 12.8 Å². The summed E-state index contributed by atoms with van der Waals surface area (Å²) in [6.07, 6.45) is -16.4. The van der Waals surface area contributed by atoms with Crippen molar-refractivity contribution in [3.63, 3.8) is 0 Å². The van der Waals surface area contributed by atoms with Gasteiger partial charge in [-0.3, -0.25) is 4.79 Å². The summed E-state index contributed by atoms with van der Waals surface area (Å²) in [5.41, 5.74) is -4.14. The van der Waals surface area contributed by atoms with Gasteiger partial charge in [-0.1, -0.05) is 48.8 Å². The lowest BCUT2D eigenvalue weighted by Crippen LogP contribution is -2.28. The third-order valence-corrected chi connectivity index (χ3v) is 8.54. The fourth-order valence-electron chi connectivity index (χ4n) is 4.12. The van der Waals surface area contributed by atoms with E-state index < -0.39 is 92.0 Å². The quantitative estimate of drug-likeness (QED) is 0.185. The van der Waals surface area contributed by atoms with E-state index >= 15 is 4.39 Å². The zero-order valence-electron chi connectivity index (χ0n) is 22.1. The van der Waals surface area contributed by atoms with E-state index in [9.17, 15) is 52.7 Å². The van der Waals surface area contributed by atoms with Crippen molar-refractivity contribution < 1.29 is 57.1 Å². The van der Waals surface area contributed by atoms with E-state index in [2.05, 4.69) is 6.58 Å². The Morgan fingerprint density at radius 2 is 1.56 bits per heavy atom. The third kappa shape index (κ3) is 10.2. The van der Waals surface area contributed by atoms with Crippen LogP contribution in [0.4, 0.5) is 43.9 Å². The second-order valence-electron chi connectivity index (χ2n) is 9.84. The van der Waals surface area contributed by atoms with Crippen LogP contribution in [0.5, 0.6) is 0 Å². The molecule has 2 aromatic rings. The number of alkyl halides is 9. The standard InChI is InChI=1S/C27H22Cl2F10O3S/c1-13(2)18-7-16(9-21(28)24(18)29)19(26(34,35)36)10-22(30)15-4-5-17(20(8-15)27(37,38)39)23(40)6-14(3)11-43(41,42)12-25(31,32)33/h4-5,7-10,14,19H,1,6,11-12H2,2-3H3/b22-10-/t14-,19?/m0/s1. The molecule has 238 valence electrons. The van der Waals surface area contributed by atoms with Crippen molar-refractivity contribution in [2.75, 3.05) is 11.5 Å². The number of allylic oxidation sites excluding steroid dienone is 2. The maximum absolute atomic E-state index is 15.1. The van der Waals surface area contributed by atoms with E-state index in [1.54, 1.807) is 0 Å². The summed E-state index contributed by atoms with van der Waals surface area (Å²) >= 11 is 11.9. The van der Waals surface area contributed by atoms with Gasteiger partial charge in [0.2, 0.25) is 0 Å². The second kappa shape index (κ2) is 13.2. The van der Waals surface area contributed by atoms with Gasteiger partial charge in [-0.15, -0.1) is 0 Å². The van der Waals surface area contributed by atoms with Crippen LogP contribution in [0.15, 0.2) is 43.0 Å². The molecule has 0 aliphatic rings. The lowest BCUT2D eigenvalue weighted by Gasteiger charge is -2.20. The number of carbonyl (C=O) groups excluding carboxylic acids is 1. The van der Waals surface area contributed by atoms with Crippen LogP contribution in [0, 0.1) is 5.92 Å². The van der Waals surface area contributed by atoms with Gasteiger partial charge in [-0.2, -0.15) is 39.5 Å². The molecule has 0 spiro atoms. The first-order valence-electron chi connectivity index (χ1n) is 11.9. The van der Waals surface area contributed by atoms with Crippen molar-refractivity contribution in [1.29, 1.82) is 0 Å². The highest BCUT2D eigenvalue weighted by Gasteiger charge is 2.41. The molecular formula is C27H22Cl2F10O3S. The Balaban J connectivity index is 2.51. The molecule has 1 unspecified atom stereocenters. The van der Waals surface area contributed by atoms with Gasteiger partial charge >= 0.3 is 18.5 Å². The van der Waals surface area contributed by atoms with E-state index in [1.165, 1.54) is 6.92 Å². The first-order valence-corrected chi connectivity index (χ1v) is 14.5. The van der Waals surface area contributed by atoms with Crippen LogP contribution in [0.1, 0.15) is 58.8 Å². The number of benzene rings is 2. The molecule has 0 saturated heterocycles. The molecule has 2 rings (SSSR count). The Kier molecular flexibility index (Phi) is 11.2. The van der Waals surface area contributed by atoms with Crippen molar-refractivity contribution in [2.45, 2.75) is 44.7 Å². The number of sulfone groups is 1. The van der Waals surface area contributed by atoms with Gasteiger partial charge in [0, 0.05) is 17.5 Å². The fourth-order valence-corrected chi connectivity index (χ4v) is 6.22. The average molecular weight is 687 g/mol. The maximum Gasteiger partial charge on any atom is 0.417 e. The lowest BCUT2D eigenvalue weighted by atomic mass is 9.92. The normalized spacial score (nSPS) is 14.9. The topological polar surface area (TPSA) is 51.2 Å². The number of rotatable bonds is 10. The van der Waals surface area contributed by atoms with Crippen LogP contribution < -0.4 is 0 Å². The van der Waals surface area contributed by atoms with Gasteiger partial charge in [0.1, 0.15) is 17.5 Å². The van der Waals surface area contributed by atoms with Crippen LogP contribution >= 0.6 is 23.2 Å². The van der Waals surface area contributed by atoms with Crippen LogP contribution in [0.3, 0.4) is 0 Å². The van der Waals surface area contributed by atoms with Gasteiger partial charge < -0.3 is 0 Å². The van der Waals surface area contributed by atoms with Crippen molar-refractivity contribution in [3.05, 3.63) is 80.8 Å². The molecule has 0 N–H and O–H groups in total. The van der Waals surface area contributed by atoms with Crippen molar-refractivity contribution in [2.24, 2.45) is 5.92 Å². The van der Waals surface area contributed by atoms with Gasteiger partial charge in [-0.05, 0) is 53.8 Å². The van der Waals surface area contributed by atoms with Crippen LogP contribution in [-0.4, -0.2) is 38.1 Å². The summed E-state index contributed by atoms with van der Waals surface area (Å²) in [5, 5.41) is -0.437. The smallest absolute Gasteiger partial charge is 0.294 e. The van der Waals surface area contributed by atoms with Crippen LogP contribution in [0.25, 0.3) is 11.4 Å². The fraction of sp³-hybridized carbons (Fsp3) is 0.370. The number of carbonyl (C=O) groups is 1. The van der Waals surface area contributed by atoms with E-state index in [0.29, 0.717) is 12.1 Å². The second-order valence-corrected chi connectivity index (χ2v) is 12.7. The predicted molar refractivity (Wildman–Crippen MR) is 143 cm³/mol. The minimum atomic E-state index is -5.32. The SMILES string of the molecule is C=C(C)c1cc(C(/C=C(\F)c2ccc(C(=O)C[C@H](C)CS(=O)(=O)CC(F)(F)F)c(C(F)(F)F)c2)C(F)(F)F)cc(Cl)c1Cl. The van der Waals surface area contributed by atoms with E-state index in [4.69, 9.17) is 23.2 Å². The molecule has 0 heterocycles. The number of hydrogen-bond acceptors (Lipinski definition) is 3. The van der Waals surface area contributed by atoms with E-state index in [-0.39, 0.29) is 33.3 Å². The molecule has 3 nitrogen and oxygen atoms in total. The molecule has 2 aromatic carbocycles. The summed E-state index contributed by atoms with van der Waals surface area (Å²) in [6, 6.07) is 2.98. The monoisotopic (exact) mass is 686 g/mol. The number of ketones is 1. The first-order chi connectivity index (χ1) is 19.3. The van der Waals surface area contributed by atoms with Crippen molar-refractivity contribution in [3.8, 4) is 0 Å². The highest BCUT2D eigenvalue weighted by molar-refractivity contribution is 7.91. The molecule has 2 atom stereocenters. The Morgan fingerprint density at radius 3 is 2.05 bits per heavy atom. The molecule has 0 radical (unpaired) electrons. The average Bonchev–Trinajstić information content (AvgIpc) is 2.80. The zero-order valence-corrected chi connectivity index (χ0v) is 24.4. The van der Waals surface area contributed by atoms with Crippen molar-refractivity contribution in [1.82, 2.24) is 0 Å². The zero-order chi connectivity index (χ0) is 33.3. The summed E-state index contributed by atoms with van der Waals surface area (Å²) < 4.78 is 159. The molecule has 16 heteroatoms. The molecule has 0 aliphatic heterocycles. The Hall–Kier alpha value is -2.58. The lowest BCUT2D eigenvalue weighted by molar-refractivity contribution is -0.140. The minimum absolute atomic E-state index is 0.0202. The first kappa shape index (κ1) is 36.6. The molecule has 0 saturated carbocycles. The van der Waals surface area contributed by atoms with E-state index in [0.717, 1.165) is 19.1 Å². The Labute approximate surface area is 250 Å². The highest BCUT2D eigenvalue weighted by atomic mass is 35.5. The molecule has 0 fully saturated rings. The predicted octanol–water partition coefficient (Wildman–Crippen LogP) is 9.89. The summed E-state index contributed by atoms with van der Waals surface area (Å²) in [5.74, 6) is -10.4. The molecule has 0 aliphatic carbocycles. The molecular weight excluding hydrogens is 665 g/mol. The number of Topliss-reactive ketones (excluding diaryl/α,β-unsaturated/α-hetero) is 1. The van der Waals surface area contributed by atoms with E-state index in [1.807, 2.05) is 0 Å².